The molecule has 0 heterocycles. The van der Waals surface area contributed by atoms with Crippen molar-refractivity contribution in [2.24, 2.45) is 23.7 Å². The number of carbonyl (C=O) groups excluding carboxylic acids is 1. The fraction of sp³-hybridized carbons (Fsp3) is 0.556. The fourth-order valence-corrected chi connectivity index (χ4v) is 3.80. The van der Waals surface area contributed by atoms with E-state index in [1.165, 1.54) is 5.56 Å². The standard InChI is InChI=1S/C18H23NO3/c1-18(2,3)10-4-6-11(7-5-10)19-16(20)14-12-8-9-13(12)15(14)17(21)22/h4-7,12-15H,8-9H2,1-3H3,(H,19,20)(H,21,22)/t12-,13+,14+,15-/m1/s1. The highest BCUT2D eigenvalue weighted by atomic mass is 16.4. The van der Waals surface area contributed by atoms with E-state index in [-0.39, 0.29) is 29.1 Å². The van der Waals surface area contributed by atoms with Crippen LogP contribution in [0.15, 0.2) is 24.3 Å². The van der Waals surface area contributed by atoms with Crippen LogP contribution in [-0.2, 0) is 15.0 Å². The molecule has 0 aliphatic heterocycles. The van der Waals surface area contributed by atoms with Gasteiger partial charge >= 0.3 is 5.97 Å². The minimum absolute atomic E-state index is 0.0735. The third kappa shape index (κ3) is 2.40. The van der Waals surface area contributed by atoms with Crippen LogP contribution in [0.1, 0.15) is 39.2 Å². The van der Waals surface area contributed by atoms with Crippen LogP contribution in [-0.4, -0.2) is 17.0 Å². The molecule has 3 rings (SSSR count). The minimum atomic E-state index is -0.829. The number of fused-ring (bicyclic) bond motifs is 1. The third-order valence-corrected chi connectivity index (χ3v) is 5.30. The Morgan fingerprint density at radius 3 is 2.05 bits per heavy atom. The van der Waals surface area contributed by atoms with Gasteiger partial charge in [0.2, 0.25) is 5.91 Å². The van der Waals surface area contributed by atoms with Gasteiger partial charge in [0.15, 0.2) is 0 Å². The second kappa shape index (κ2) is 5.11. The number of carbonyl (C=O) groups is 2. The van der Waals surface area contributed by atoms with E-state index in [0.717, 1.165) is 18.5 Å². The lowest BCUT2D eigenvalue weighted by Gasteiger charge is -2.56. The van der Waals surface area contributed by atoms with E-state index in [2.05, 4.69) is 26.1 Å². The molecule has 22 heavy (non-hydrogen) atoms. The lowest BCUT2D eigenvalue weighted by molar-refractivity contribution is -0.176. The molecule has 2 fully saturated rings. The predicted molar refractivity (Wildman–Crippen MR) is 84.6 cm³/mol. The number of rotatable bonds is 3. The molecule has 1 amide bonds. The van der Waals surface area contributed by atoms with Crippen molar-refractivity contribution in [1.82, 2.24) is 0 Å². The van der Waals surface area contributed by atoms with Gasteiger partial charge in [-0.05, 0) is 47.8 Å². The maximum atomic E-state index is 12.4. The topological polar surface area (TPSA) is 66.4 Å². The summed E-state index contributed by atoms with van der Waals surface area (Å²) in [7, 11) is 0. The van der Waals surface area contributed by atoms with Crippen molar-refractivity contribution in [2.75, 3.05) is 5.32 Å². The van der Waals surface area contributed by atoms with E-state index in [4.69, 9.17) is 0 Å². The van der Waals surface area contributed by atoms with E-state index >= 15 is 0 Å². The van der Waals surface area contributed by atoms with Crippen LogP contribution in [0.3, 0.4) is 0 Å². The Bertz CT molecular complexity index is 600. The Hall–Kier alpha value is -1.84. The number of aliphatic carboxylic acids is 1. The first-order chi connectivity index (χ1) is 10.3. The Morgan fingerprint density at radius 1 is 1.05 bits per heavy atom. The molecule has 0 aromatic heterocycles. The first-order valence-corrected chi connectivity index (χ1v) is 7.93. The first kappa shape index (κ1) is 15.1. The highest BCUT2D eigenvalue weighted by Crippen LogP contribution is 2.58. The van der Waals surface area contributed by atoms with Gasteiger partial charge in [-0.2, -0.15) is 0 Å². The average Bonchev–Trinajstić information content (AvgIpc) is 2.40. The van der Waals surface area contributed by atoms with Crippen molar-refractivity contribution in [3.63, 3.8) is 0 Å². The maximum Gasteiger partial charge on any atom is 0.307 e. The molecule has 0 bridgehead atoms. The molecule has 118 valence electrons. The van der Waals surface area contributed by atoms with E-state index in [9.17, 15) is 14.7 Å². The molecule has 2 aliphatic carbocycles. The zero-order valence-electron chi connectivity index (χ0n) is 13.3. The summed E-state index contributed by atoms with van der Waals surface area (Å²) in [5.74, 6) is -1.33. The molecule has 1 aromatic carbocycles. The number of amides is 1. The summed E-state index contributed by atoms with van der Waals surface area (Å²) >= 11 is 0. The number of hydrogen-bond acceptors (Lipinski definition) is 2. The molecular formula is C18H23NO3. The summed E-state index contributed by atoms with van der Waals surface area (Å²) in [5, 5.41) is 12.2. The smallest absolute Gasteiger partial charge is 0.307 e. The predicted octanol–water partition coefficient (Wildman–Crippen LogP) is 3.28. The minimum Gasteiger partial charge on any atom is -0.481 e. The molecule has 4 atom stereocenters. The summed E-state index contributed by atoms with van der Waals surface area (Å²) in [6.07, 6.45) is 1.93. The number of carboxylic acid groups (broad SMARTS) is 1. The van der Waals surface area contributed by atoms with E-state index in [1.54, 1.807) is 0 Å². The maximum absolute atomic E-state index is 12.4. The molecule has 0 unspecified atom stereocenters. The van der Waals surface area contributed by atoms with Crippen LogP contribution in [0.2, 0.25) is 0 Å². The Balaban J connectivity index is 1.68. The summed E-state index contributed by atoms with van der Waals surface area (Å²) in [6, 6.07) is 7.81. The quantitative estimate of drug-likeness (QED) is 0.900. The van der Waals surface area contributed by atoms with Crippen LogP contribution < -0.4 is 5.32 Å². The molecule has 1 aromatic rings. The van der Waals surface area contributed by atoms with Crippen molar-refractivity contribution in [2.45, 2.75) is 39.0 Å². The summed E-state index contributed by atoms with van der Waals surface area (Å²) in [4.78, 5) is 23.7. The molecule has 4 heteroatoms. The Kier molecular flexibility index (Phi) is 3.50. The largest absolute Gasteiger partial charge is 0.481 e. The lowest BCUT2D eigenvalue weighted by atomic mass is 9.46. The van der Waals surface area contributed by atoms with E-state index < -0.39 is 11.9 Å². The zero-order valence-corrected chi connectivity index (χ0v) is 13.3. The van der Waals surface area contributed by atoms with Gasteiger partial charge in [0.05, 0.1) is 11.8 Å². The zero-order chi connectivity index (χ0) is 16.1. The molecule has 0 spiro atoms. The summed E-state index contributed by atoms with van der Waals surface area (Å²) < 4.78 is 0. The van der Waals surface area contributed by atoms with Gasteiger partial charge in [-0.1, -0.05) is 32.9 Å². The number of benzene rings is 1. The Labute approximate surface area is 130 Å². The van der Waals surface area contributed by atoms with E-state index in [1.807, 2.05) is 24.3 Å². The molecule has 0 radical (unpaired) electrons. The van der Waals surface area contributed by atoms with Gasteiger partial charge in [-0.15, -0.1) is 0 Å². The van der Waals surface area contributed by atoms with Crippen LogP contribution in [0, 0.1) is 23.7 Å². The van der Waals surface area contributed by atoms with Crippen molar-refractivity contribution in [3.05, 3.63) is 29.8 Å². The number of carboxylic acids is 1. The monoisotopic (exact) mass is 301 g/mol. The summed E-state index contributed by atoms with van der Waals surface area (Å²) in [6.45, 7) is 6.43. The molecule has 2 aliphatic rings. The van der Waals surface area contributed by atoms with E-state index in [0.29, 0.717) is 0 Å². The van der Waals surface area contributed by atoms with Crippen molar-refractivity contribution < 1.29 is 14.7 Å². The average molecular weight is 301 g/mol. The summed E-state index contributed by atoms with van der Waals surface area (Å²) in [5.41, 5.74) is 2.02. The van der Waals surface area contributed by atoms with Gasteiger partial charge in [-0.25, -0.2) is 0 Å². The first-order valence-electron chi connectivity index (χ1n) is 7.93. The molecule has 0 saturated heterocycles. The van der Waals surface area contributed by atoms with Crippen LogP contribution in [0.25, 0.3) is 0 Å². The number of nitrogens with one attached hydrogen (secondary N) is 1. The van der Waals surface area contributed by atoms with Crippen LogP contribution >= 0.6 is 0 Å². The number of anilines is 1. The normalized spacial score (nSPS) is 29.8. The van der Waals surface area contributed by atoms with Gasteiger partial charge < -0.3 is 10.4 Å². The van der Waals surface area contributed by atoms with Crippen LogP contribution in [0.5, 0.6) is 0 Å². The van der Waals surface area contributed by atoms with Gasteiger partial charge in [0.25, 0.3) is 0 Å². The molecular weight excluding hydrogens is 278 g/mol. The van der Waals surface area contributed by atoms with Crippen LogP contribution in [0.4, 0.5) is 5.69 Å². The number of hydrogen-bond donors (Lipinski definition) is 2. The van der Waals surface area contributed by atoms with Gasteiger partial charge in [0.1, 0.15) is 0 Å². The SMILES string of the molecule is CC(C)(C)c1ccc(NC(=O)[C@H]2[C@@H]3CC[C@@H]3[C@H]2C(=O)O)cc1. The third-order valence-electron chi connectivity index (χ3n) is 5.30. The highest BCUT2D eigenvalue weighted by Gasteiger charge is 2.61. The molecule has 2 saturated carbocycles. The second-order valence-corrected chi connectivity index (χ2v) is 7.61. The highest BCUT2D eigenvalue weighted by molar-refractivity contribution is 5.96. The second-order valence-electron chi connectivity index (χ2n) is 7.61. The van der Waals surface area contributed by atoms with Gasteiger partial charge in [0, 0.05) is 5.69 Å². The van der Waals surface area contributed by atoms with Crippen molar-refractivity contribution in [3.8, 4) is 0 Å². The van der Waals surface area contributed by atoms with Crippen molar-refractivity contribution >= 4 is 17.6 Å². The lowest BCUT2D eigenvalue weighted by Crippen LogP contribution is -2.60. The van der Waals surface area contributed by atoms with Crippen molar-refractivity contribution in [1.29, 1.82) is 0 Å². The molecule has 2 N–H and O–H groups in total. The Morgan fingerprint density at radius 2 is 1.59 bits per heavy atom. The van der Waals surface area contributed by atoms with Gasteiger partial charge in [-0.3, -0.25) is 9.59 Å². The molecule has 4 nitrogen and oxygen atoms in total. The fourth-order valence-electron chi connectivity index (χ4n) is 3.80.